The predicted molar refractivity (Wildman–Crippen MR) is 142 cm³/mol. The van der Waals surface area contributed by atoms with Gasteiger partial charge in [0.25, 0.3) is 0 Å². The molecule has 2 N–H and O–H groups in total. The summed E-state index contributed by atoms with van der Waals surface area (Å²) in [4.78, 5) is 4.52. The van der Waals surface area contributed by atoms with E-state index in [0.717, 1.165) is 53.5 Å². The Hall–Kier alpha value is -2.80. The summed E-state index contributed by atoms with van der Waals surface area (Å²) in [5, 5.41) is 7.77. The minimum atomic E-state index is -4.47. The summed E-state index contributed by atoms with van der Waals surface area (Å²) in [6, 6.07) is 13.9. The number of anilines is 2. The van der Waals surface area contributed by atoms with Gasteiger partial charge in [-0.3, -0.25) is 4.98 Å². The van der Waals surface area contributed by atoms with Crippen LogP contribution in [0.25, 0.3) is 10.9 Å². The van der Waals surface area contributed by atoms with Crippen molar-refractivity contribution in [1.82, 2.24) is 10.3 Å². The number of aromatic nitrogens is 1. The normalized spacial score (nSPS) is 22.0. The zero-order chi connectivity index (χ0) is 25.8. The molecule has 3 unspecified atom stereocenters. The fourth-order valence-corrected chi connectivity index (χ4v) is 6.23. The van der Waals surface area contributed by atoms with E-state index < -0.39 is 11.7 Å². The van der Waals surface area contributed by atoms with E-state index in [1.807, 2.05) is 37.3 Å². The molecule has 2 aliphatic rings. The number of nitrogens with zero attached hydrogens (tertiary/aromatic N) is 1. The molecule has 0 spiro atoms. The van der Waals surface area contributed by atoms with Gasteiger partial charge in [0.15, 0.2) is 0 Å². The molecule has 0 amide bonds. The maximum absolute atomic E-state index is 13.7. The molecule has 3 atom stereocenters. The second kappa shape index (κ2) is 11.3. The first-order valence-electron chi connectivity index (χ1n) is 13.6. The Balaban J connectivity index is 1.24. The Labute approximate surface area is 217 Å². The molecule has 37 heavy (non-hydrogen) atoms. The Morgan fingerprint density at radius 2 is 1.78 bits per heavy atom. The highest BCUT2D eigenvalue weighted by Crippen LogP contribution is 2.41. The second-order valence-electron chi connectivity index (χ2n) is 10.6. The van der Waals surface area contributed by atoms with Crippen molar-refractivity contribution in [3.63, 3.8) is 0 Å². The zero-order valence-corrected chi connectivity index (χ0v) is 21.4. The zero-order valence-electron chi connectivity index (χ0n) is 21.4. The van der Waals surface area contributed by atoms with E-state index in [9.17, 15) is 13.2 Å². The van der Waals surface area contributed by atoms with Crippen LogP contribution in [0.5, 0.6) is 5.75 Å². The van der Waals surface area contributed by atoms with Crippen molar-refractivity contribution in [3.05, 3.63) is 59.8 Å². The van der Waals surface area contributed by atoms with Crippen LogP contribution in [0.15, 0.2) is 48.5 Å². The molecule has 2 aromatic carbocycles. The van der Waals surface area contributed by atoms with Crippen molar-refractivity contribution in [3.8, 4) is 5.75 Å². The van der Waals surface area contributed by atoms with Gasteiger partial charge < -0.3 is 15.4 Å². The third-order valence-corrected chi connectivity index (χ3v) is 7.93. The van der Waals surface area contributed by atoms with Crippen LogP contribution in [0.1, 0.15) is 62.6 Å². The highest BCUT2D eigenvalue weighted by molar-refractivity contribution is 5.93. The molecule has 3 aromatic rings. The summed E-state index contributed by atoms with van der Waals surface area (Å²) < 4.78 is 46.9. The van der Waals surface area contributed by atoms with Gasteiger partial charge in [-0.2, -0.15) is 13.2 Å². The molecular weight excluding hydrogens is 475 g/mol. The molecule has 0 radical (unpaired) electrons. The summed E-state index contributed by atoms with van der Waals surface area (Å²) in [5.41, 5.74) is 1.90. The topological polar surface area (TPSA) is 46.2 Å². The number of rotatable bonds is 8. The van der Waals surface area contributed by atoms with Crippen LogP contribution in [0.2, 0.25) is 0 Å². The van der Waals surface area contributed by atoms with Crippen molar-refractivity contribution in [2.45, 2.75) is 70.5 Å². The molecule has 0 bridgehead atoms. The second-order valence-corrected chi connectivity index (χ2v) is 10.6. The number of hydrogen-bond acceptors (Lipinski definition) is 4. The van der Waals surface area contributed by atoms with E-state index in [1.165, 1.54) is 44.9 Å². The van der Waals surface area contributed by atoms with Crippen LogP contribution in [0.3, 0.4) is 0 Å². The lowest BCUT2D eigenvalue weighted by atomic mass is 9.88. The minimum Gasteiger partial charge on any atom is -0.493 e. The van der Waals surface area contributed by atoms with Crippen molar-refractivity contribution in [2.75, 3.05) is 18.5 Å². The standard InChI is InChI=1S/C30H36F3N3O/c1-20-16-29(26-10-3-5-13-28(26)35-20)36-23-17-22(30(31,32)33)18-24(19-23)37-15-7-14-34-27-12-4-2-8-21-9-6-11-25(21)27/h3,5,10,13,16-19,21,25,27,34H,2,4,6-9,11-12,14-15H2,1H3,(H,35,36). The number of para-hydroxylation sites is 1. The SMILES string of the molecule is Cc1cc(Nc2cc(OCCCNC3CCCCC4CCCC43)cc(C(F)(F)F)c2)c2ccccc2n1. The highest BCUT2D eigenvalue weighted by atomic mass is 19.4. The van der Waals surface area contributed by atoms with Crippen LogP contribution >= 0.6 is 0 Å². The number of halogens is 3. The van der Waals surface area contributed by atoms with Gasteiger partial charge >= 0.3 is 6.18 Å². The van der Waals surface area contributed by atoms with Crippen LogP contribution < -0.4 is 15.4 Å². The van der Waals surface area contributed by atoms with E-state index in [1.54, 1.807) is 6.07 Å². The van der Waals surface area contributed by atoms with E-state index in [4.69, 9.17) is 4.74 Å². The summed E-state index contributed by atoms with van der Waals surface area (Å²) in [6.07, 6.45) is 5.54. The van der Waals surface area contributed by atoms with Crippen LogP contribution in [-0.4, -0.2) is 24.2 Å². The molecule has 1 heterocycles. The van der Waals surface area contributed by atoms with Crippen molar-refractivity contribution in [2.24, 2.45) is 11.8 Å². The molecule has 0 aliphatic heterocycles. The number of benzene rings is 2. The quantitative estimate of drug-likeness (QED) is 0.301. The fraction of sp³-hybridized carbons (Fsp3) is 0.500. The maximum atomic E-state index is 13.7. The van der Waals surface area contributed by atoms with Gasteiger partial charge in [0, 0.05) is 34.6 Å². The Kier molecular flexibility index (Phi) is 7.89. The molecule has 1 aromatic heterocycles. The summed E-state index contributed by atoms with van der Waals surface area (Å²) in [6.45, 7) is 3.06. The van der Waals surface area contributed by atoms with E-state index >= 15 is 0 Å². The maximum Gasteiger partial charge on any atom is 0.416 e. The van der Waals surface area contributed by atoms with Gasteiger partial charge in [-0.25, -0.2) is 0 Å². The molecule has 2 fully saturated rings. The van der Waals surface area contributed by atoms with Crippen LogP contribution in [-0.2, 0) is 6.18 Å². The fourth-order valence-electron chi connectivity index (χ4n) is 6.23. The monoisotopic (exact) mass is 511 g/mol. The minimum absolute atomic E-state index is 0.220. The highest BCUT2D eigenvalue weighted by Gasteiger charge is 2.34. The number of alkyl halides is 3. The Bertz CT molecular complexity index is 1210. The predicted octanol–water partition coefficient (Wildman–Crippen LogP) is 8.02. The third-order valence-electron chi connectivity index (χ3n) is 7.93. The van der Waals surface area contributed by atoms with Gasteiger partial charge in [-0.1, -0.05) is 50.3 Å². The lowest BCUT2D eigenvalue weighted by Crippen LogP contribution is -2.37. The summed E-state index contributed by atoms with van der Waals surface area (Å²) in [5.74, 6) is 1.87. The Morgan fingerprint density at radius 3 is 2.65 bits per heavy atom. The molecule has 198 valence electrons. The smallest absolute Gasteiger partial charge is 0.416 e. The number of hydrogen-bond donors (Lipinski definition) is 2. The van der Waals surface area contributed by atoms with E-state index in [2.05, 4.69) is 15.6 Å². The average molecular weight is 512 g/mol. The number of fused-ring (bicyclic) bond motifs is 2. The van der Waals surface area contributed by atoms with E-state index in [0.29, 0.717) is 24.0 Å². The molecule has 5 rings (SSSR count). The first-order chi connectivity index (χ1) is 17.9. The number of nitrogens with one attached hydrogen (secondary N) is 2. The summed E-state index contributed by atoms with van der Waals surface area (Å²) >= 11 is 0. The Morgan fingerprint density at radius 1 is 0.973 bits per heavy atom. The molecule has 2 saturated carbocycles. The van der Waals surface area contributed by atoms with Gasteiger partial charge in [0.05, 0.1) is 17.7 Å². The lowest BCUT2D eigenvalue weighted by Gasteiger charge is -2.27. The first-order valence-corrected chi connectivity index (χ1v) is 13.6. The van der Waals surface area contributed by atoms with Crippen molar-refractivity contribution < 1.29 is 17.9 Å². The van der Waals surface area contributed by atoms with Gasteiger partial charge in [0.1, 0.15) is 5.75 Å². The van der Waals surface area contributed by atoms with E-state index in [-0.39, 0.29) is 5.75 Å². The number of ether oxygens (including phenoxy) is 1. The van der Waals surface area contributed by atoms with Gasteiger partial charge in [-0.05, 0) is 68.8 Å². The summed E-state index contributed by atoms with van der Waals surface area (Å²) in [7, 11) is 0. The molecule has 2 aliphatic carbocycles. The number of pyridine rings is 1. The molecule has 4 nitrogen and oxygen atoms in total. The largest absolute Gasteiger partial charge is 0.493 e. The molecule has 0 saturated heterocycles. The lowest BCUT2D eigenvalue weighted by molar-refractivity contribution is -0.137. The van der Waals surface area contributed by atoms with Crippen LogP contribution in [0, 0.1) is 18.8 Å². The molecule has 7 heteroatoms. The van der Waals surface area contributed by atoms with Crippen molar-refractivity contribution >= 4 is 22.3 Å². The van der Waals surface area contributed by atoms with Crippen molar-refractivity contribution in [1.29, 1.82) is 0 Å². The first kappa shape index (κ1) is 25.8. The molecular formula is C30H36F3N3O. The average Bonchev–Trinajstić information content (AvgIpc) is 3.24. The van der Waals surface area contributed by atoms with Gasteiger partial charge in [0.2, 0.25) is 0 Å². The van der Waals surface area contributed by atoms with Crippen LogP contribution in [0.4, 0.5) is 24.5 Å². The van der Waals surface area contributed by atoms with Gasteiger partial charge in [-0.15, -0.1) is 0 Å². The number of aryl methyl sites for hydroxylation is 1. The third kappa shape index (κ3) is 6.38.